The highest BCUT2D eigenvalue weighted by Crippen LogP contribution is 2.26. The molecule has 1 aromatic carbocycles. The molecule has 4 rings (SSSR count). The second-order valence-corrected chi connectivity index (χ2v) is 6.77. The van der Waals surface area contributed by atoms with Gasteiger partial charge < -0.3 is 5.11 Å². The number of aromatic nitrogens is 6. The molecule has 27 heavy (non-hydrogen) atoms. The topological polar surface area (TPSA) is 90.2 Å². The van der Waals surface area contributed by atoms with E-state index in [1.54, 1.807) is 36.1 Å². The van der Waals surface area contributed by atoms with Crippen LogP contribution in [0.3, 0.4) is 0 Å². The van der Waals surface area contributed by atoms with Gasteiger partial charge in [0.2, 0.25) is 0 Å². The van der Waals surface area contributed by atoms with Crippen molar-refractivity contribution in [2.24, 2.45) is 7.05 Å². The van der Waals surface area contributed by atoms with Crippen molar-refractivity contribution in [1.82, 2.24) is 28.9 Å². The van der Waals surface area contributed by atoms with Gasteiger partial charge in [0.1, 0.15) is 5.69 Å². The molecule has 0 spiro atoms. The first-order chi connectivity index (χ1) is 13.0. The molecule has 0 amide bonds. The summed E-state index contributed by atoms with van der Waals surface area (Å²) < 4.78 is 4.38. The summed E-state index contributed by atoms with van der Waals surface area (Å²) in [6.45, 7) is 1.54. The van der Waals surface area contributed by atoms with Gasteiger partial charge in [0.05, 0.1) is 24.5 Å². The molecule has 0 aliphatic heterocycles. The molecule has 8 nitrogen and oxygen atoms in total. The molecule has 0 radical (unpaired) electrons. The van der Waals surface area contributed by atoms with Crippen LogP contribution in [0, 0.1) is 0 Å². The number of aliphatic hydroxyl groups excluding tert-OH is 1. The normalized spacial score (nSPS) is 12.6. The summed E-state index contributed by atoms with van der Waals surface area (Å²) in [5, 5.41) is 18.7. The number of fused-ring (bicyclic) bond motifs is 1. The van der Waals surface area contributed by atoms with E-state index in [-0.39, 0.29) is 12.3 Å². The summed E-state index contributed by atoms with van der Waals surface area (Å²) in [4.78, 5) is 17.6. The molecule has 0 saturated carbocycles. The van der Waals surface area contributed by atoms with Gasteiger partial charge in [0.15, 0.2) is 5.65 Å². The Kier molecular flexibility index (Phi) is 4.29. The molecular weight excluding hydrogens is 368 g/mol. The van der Waals surface area contributed by atoms with Crippen molar-refractivity contribution in [3.05, 3.63) is 58.4 Å². The Balaban J connectivity index is 2.02. The third kappa shape index (κ3) is 3.02. The number of rotatable bonds is 4. The van der Waals surface area contributed by atoms with Gasteiger partial charge in [-0.15, -0.1) is 5.10 Å². The Bertz CT molecular complexity index is 1180. The highest BCUT2D eigenvalue weighted by molar-refractivity contribution is 6.30. The van der Waals surface area contributed by atoms with Crippen molar-refractivity contribution in [2.45, 2.75) is 13.0 Å². The van der Waals surface area contributed by atoms with E-state index < -0.39 is 6.04 Å². The smallest absolute Gasteiger partial charge is 0.350 e. The predicted molar refractivity (Wildman–Crippen MR) is 102 cm³/mol. The number of aryl methyl sites for hydroxylation is 1. The lowest BCUT2D eigenvalue weighted by atomic mass is 10.1. The van der Waals surface area contributed by atoms with Crippen molar-refractivity contribution < 1.29 is 5.11 Å². The van der Waals surface area contributed by atoms with E-state index in [1.807, 2.05) is 25.4 Å². The van der Waals surface area contributed by atoms with Crippen LogP contribution in [0.2, 0.25) is 5.02 Å². The maximum atomic E-state index is 12.8. The highest BCUT2D eigenvalue weighted by atomic mass is 35.5. The lowest BCUT2D eigenvalue weighted by Crippen LogP contribution is -2.26. The fraction of sp³-hybridized carbons (Fsp3) is 0.222. The van der Waals surface area contributed by atoms with Gasteiger partial charge in [0, 0.05) is 35.6 Å². The van der Waals surface area contributed by atoms with Crippen molar-refractivity contribution in [3.63, 3.8) is 0 Å². The molecule has 0 aliphatic rings. The zero-order chi connectivity index (χ0) is 19.1. The molecule has 3 aromatic heterocycles. The standard InChI is InChI=1S/C18H17ClN6O2/c1-11(10-26)25-18(27)24-9-15(12-3-5-14(19)6-4-12)21-16(17(24)22-25)13-7-20-23(2)8-13/h3-9,11,26H,10H2,1-2H3. The van der Waals surface area contributed by atoms with Gasteiger partial charge in [0.25, 0.3) is 0 Å². The van der Waals surface area contributed by atoms with E-state index in [4.69, 9.17) is 16.6 Å². The van der Waals surface area contributed by atoms with E-state index in [9.17, 15) is 9.90 Å². The van der Waals surface area contributed by atoms with Gasteiger partial charge >= 0.3 is 5.69 Å². The van der Waals surface area contributed by atoms with Crippen LogP contribution in [0.5, 0.6) is 0 Å². The van der Waals surface area contributed by atoms with Crippen LogP contribution in [-0.4, -0.2) is 40.7 Å². The Hall–Kier alpha value is -2.97. The molecule has 1 N–H and O–H groups in total. The first-order valence-electron chi connectivity index (χ1n) is 8.35. The van der Waals surface area contributed by atoms with Crippen molar-refractivity contribution >= 4 is 17.2 Å². The Labute approximate surface area is 159 Å². The minimum Gasteiger partial charge on any atom is -0.394 e. The molecule has 0 bridgehead atoms. The summed E-state index contributed by atoms with van der Waals surface area (Å²) in [5.74, 6) is 0. The first-order valence-corrected chi connectivity index (χ1v) is 8.73. The van der Waals surface area contributed by atoms with Gasteiger partial charge in [-0.25, -0.2) is 18.9 Å². The monoisotopic (exact) mass is 384 g/mol. The highest BCUT2D eigenvalue weighted by Gasteiger charge is 2.19. The molecule has 0 saturated heterocycles. The Morgan fingerprint density at radius 3 is 2.56 bits per heavy atom. The summed E-state index contributed by atoms with van der Waals surface area (Å²) in [6.07, 6.45) is 5.13. The van der Waals surface area contributed by atoms with E-state index in [0.29, 0.717) is 22.1 Å². The van der Waals surface area contributed by atoms with Crippen LogP contribution in [-0.2, 0) is 7.05 Å². The SMILES string of the molecule is CC(CO)n1nc2c(-c3cnn(C)c3)nc(-c3ccc(Cl)cc3)cn2c1=O. The van der Waals surface area contributed by atoms with Crippen LogP contribution in [0.25, 0.3) is 28.2 Å². The third-order valence-electron chi connectivity index (χ3n) is 4.33. The predicted octanol–water partition coefficient (Wildman–Crippen LogP) is 2.17. The second-order valence-electron chi connectivity index (χ2n) is 6.34. The second kappa shape index (κ2) is 6.64. The average molecular weight is 385 g/mol. The molecule has 3 heterocycles. The van der Waals surface area contributed by atoms with E-state index >= 15 is 0 Å². The molecule has 0 fully saturated rings. The molecule has 0 aliphatic carbocycles. The molecule has 9 heteroatoms. The van der Waals surface area contributed by atoms with Gasteiger partial charge in [-0.05, 0) is 19.1 Å². The van der Waals surface area contributed by atoms with Crippen molar-refractivity contribution in [3.8, 4) is 22.5 Å². The lowest BCUT2D eigenvalue weighted by Gasteiger charge is -2.05. The van der Waals surface area contributed by atoms with Crippen LogP contribution in [0.15, 0.2) is 47.7 Å². The van der Waals surface area contributed by atoms with Crippen molar-refractivity contribution in [2.75, 3.05) is 6.61 Å². The fourth-order valence-electron chi connectivity index (χ4n) is 2.85. The van der Waals surface area contributed by atoms with E-state index in [0.717, 1.165) is 11.1 Å². The zero-order valence-corrected chi connectivity index (χ0v) is 15.5. The minimum atomic E-state index is -0.446. The first kappa shape index (κ1) is 17.4. The van der Waals surface area contributed by atoms with Crippen molar-refractivity contribution in [1.29, 1.82) is 0 Å². The average Bonchev–Trinajstić information content (AvgIpc) is 3.25. The fourth-order valence-corrected chi connectivity index (χ4v) is 2.98. The van der Waals surface area contributed by atoms with Crippen LogP contribution >= 0.6 is 11.6 Å². The minimum absolute atomic E-state index is 0.191. The summed E-state index contributed by atoms with van der Waals surface area (Å²) in [6, 6.07) is 6.78. The van der Waals surface area contributed by atoms with E-state index in [2.05, 4.69) is 10.2 Å². The van der Waals surface area contributed by atoms with Gasteiger partial charge in [-0.3, -0.25) is 4.68 Å². The number of hydrogen-bond acceptors (Lipinski definition) is 5. The van der Waals surface area contributed by atoms with Crippen LogP contribution in [0.1, 0.15) is 13.0 Å². The number of aliphatic hydroxyl groups is 1. The molecular formula is C18H17ClN6O2. The number of halogens is 1. The summed E-state index contributed by atoms with van der Waals surface area (Å²) >= 11 is 5.98. The van der Waals surface area contributed by atoms with Gasteiger partial charge in [-0.2, -0.15) is 5.10 Å². The van der Waals surface area contributed by atoms with E-state index in [1.165, 1.54) is 9.08 Å². The molecule has 4 aromatic rings. The quantitative estimate of drug-likeness (QED) is 0.582. The van der Waals surface area contributed by atoms with Crippen LogP contribution in [0.4, 0.5) is 0 Å². The number of benzene rings is 1. The Morgan fingerprint density at radius 2 is 1.93 bits per heavy atom. The Morgan fingerprint density at radius 1 is 1.19 bits per heavy atom. The molecule has 1 unspecified atom stereocenters. The lowest BCUT2D eigenvalue weighted by molar-refractivity contribution is 0.227. The summed E-state index contributed by atoms with van der Waals surface area (Å²) in [7, 11) is 1.81. The maximum absolute atomic E-state index is 12.8. The number of hydrogen-bond donors (Lipinski definition) is 1. The molecule has 138 valence electrons. The third-order valence-corrected chi connectivity index (χ3v) is 4.58. The number of nitrogens with zero attached hydrogens (tertiary/aromatic N) is 6. The maximum Gasteiger partial charge on any atom is 0.350 e. The largest absolute Gasteiger partial charge is 0.394 e. The van der Waals surface area contributed by atoms with Gasteiger partial charge in [-0.1, -0.05) is 23.7 Å². The molecule has 1 atom stereocenters. The van der Waals surface area contributed by atoms with Crippen LogP contribution < -0.4 is 5.69 Å². The summed E-state index contributed by atoms with van der Waals surface area (Å²) in [5.41, 5.74) is 2.78. The zero-order valence-electron chi connectivity index (χ0n) is 14.7.